The van der Waals surface area contributed by atoms with Gasteiger partial charge in [-0.3, -0.25) is 0 Å². The number of hydrogen-bond donors (Lipinski definition) is 1. The lowest BCUT2D eigenvalue weighted by Gasteiger charge is -2.26. The van der Waals surface area contributed by atoms with Crippen LogP contribution in [0.4, 0.5) is 0 Å². The number of likely N-dealkylation sites (N-methyl/N-ethyl adjacent to an activating group) is 1. The molecule has 0 saturated carbocycles. The molecular formula is C20H36N2O. The summed E-state index contributed by atoms with van der Waals surface area (Å²) in [4.78, 5) is 4.47. The van der Waals surface area contributed by atoms with Crippen LogP contribution in [-0.4, -0.2) is 25.1 Å². The van der Waals surface area contributed by atoms with Gasteiger partial charge in [0, 0.05) is 19.9 Å². The van der Waals surface area contributed by atoms with Crippen molar-refractivity contribution in [2.24, 2.45) is 10.9 Å². The Kier molecular flexibility index (Phi) is 12.4. The van der Waals surface area contributed by atoms with Gasteiger partial charge in [0.2, 0.25) is 0 Å². The molecule has 0 aromatic carbocycles. The average Bonchev–Trinajstić information content (AvgIpc) is 2.55. The topological polar surface area (TPSA) is 33.6 Å². The van der Waals surface area contributed by atoms with Crippen LogP contribution in [0.2, 0.25) is 0 Å². The Hall–Kier alpha value is -1.35. The van der Waals surface area contributed by atoms with Gasteiger partial charge in [-0.2, -0.15) is 0 Å². The quantitative estimate of drug-likeness (QED) is 0.320. The molecule has 23 heavy (non-hydrogen) atoms. The van der Waals surface area contributed by atoms with Crippen molar-refractivity contribution in [1.82, 2.24) is 5.32 Å². The maximum atomic E-state index is 5.70. The zero-order valence-electron chi connectivity index (χ0n) is 15.9. The number of nitrogens with zero attached hydrogens (tertiary/aromatic N) is 1. The lowest BCUT2D eigenvalue weighted by atomic mass is 9.97. The van der Waals surface area contributed by atoms with Crippen LogP contribution >= 0.6 is 0 Å². The number of ether oxygens (including phenoxy) is 1. The normalized spacial score (nSPS) is 16.0. The van der Waals surface area contributed by atoms with Gasteiger partial charge in [0.1, 0.15) is 11.4 Å². The Morgan fingerprint density at radius 1 is 1.17 bits per heavy atom. The number of rotatable bonds is 11. The number of methoxy groups -OCH3 is 1. The van der Waals surface area contributed by atoms with Crippen molar-refractivity contribution >= 4 is 5.84 Å². The fraction of sp³-hybridized carbons (Fsp3) is 0.650. The van der Waals surface area contributed by atoms with Crippen LogP contribution in [0.15, 0.2) is 41.6 Å². The van der Waals surface area contributed by atoms with E-state index in [0.29, 0.717) is 5.92 Å². The minimum atomic E-state index is -0.551. The lowest BCUT2D eigenvalue weighted by molar-refractivity contribution is 0.104. The zero-order valence-corrected chi connectivity index (χ0v) is 15.9. The molecule has 0 aromatic heterocycles. The van der Waals surface area contributed by atoms with Gasteiger partial charge in [-0.1, -0.05) is 51.0 Å². The van der Waals surface area contributed by atoms with Crippen LogP contribution in [0.25, 0.3) is 0 Å². The van der Waals surface area contributed by atoms with Crippen LogP contribution in [0, 0.1) is 5.92 Å². The first-order valence-electron chi connectivity index (χ1n) is 8.92. The average molecular weight is 321 g/mol. The molecule has 0 rings (SSSR count). The highest BCUT2D eigenvalue weighted by Crippen LogP contribution is 2.16. The summed E-state index contributed by atoms with van der Waals surface area (Å²) < 4.78 is 5.70. The fourth-order valence-corrected chi connectivity index (χ4v) is 2.45. The predicted octanol–water partition coefficient (Wildman–Crippen LogP) is 5.26. The molecule has 1 unspecified atom stereocenters. The summed E-state index contributed by atoms with van der Waals surface area (Å²) >= 11 is 0. The molecule has 0 saturated heterocycles. The largest absolute Gasteiger partial charge is 0.371 e. The molecule has 0 aromatic rings. The Bertz CT molecular complexity index is 404. The highest BCUT2D eigenvalue weighted by molar-refractivity contribution is 5.92. The Labute approximate surface area is 143 Å². The molecule has 0 amide bonds. The summed E-state index contributed by atoms with van der Waals surface area (Å²) in [6, 6.07) is 0. The van der Waals surface area contributed by atoms with Crippen molar-refractivity contribution in [3.8, 4) is 0 Å². The molecule has 0 heterocycles. The van der Waals surface area contributed by atoms with E-state index in [1.807, 2.05) is 19.9 Å². The molecule has 0 fully saturated rings. The maximum absolute atomic E-state index is 5.70. The van der Waals surface area contributed by atoms with E-state index in [2.05, 4.69) is 55.4 Å². The van der Waals surface area contributed by atoms with Crippen LogP contribution in [-0.2, 0) is 4.74 Å². The summed E-state index contributed by atoms with van der Waals surface area (Å²) in [5, 5.41) is 3.30. The second-order valence-electron chi connectivity index (χ2n) is 5.88. The van der Waals surface area contributed by atoms with E-state index in [1.165, 1.54) is 25.7 Å². The Morgan fingerprint density at radius 3 is 2.30 bits per heavy atom. The summed E-state index contributed by atoms with van der Waals surface area (Å²) in [7, 11) is 1.72. The second-order valence-corrected chi connectivity index (χ2v) is 5.88. The number of amidine groups is 1. The number of hydrogen-bond acceptors (Lipinski definition) is 2. The van der Waals surface area contributed by atoms with E-state index in [4.69, 9.17) is 4.74 Å². The molecule has 0 bridgehead atoms. The van der Waals surface area contributed by atoms with Crippen molar-refractivity contribution in [3.05, 3.63) is 36.6 Å². The van der Waals surface area contributed by atoms with Crippen molar-refractivity contribution in [2.75, 3.05) is 13.7 Å². The Balaban J connectivity index is 5.05. The first kappa shape index (κ1) is 21.6. The molecule has 0 aliphatic rings. The highest BCUT2D eigenvalue weighted by atomic mass is 16.5. The molecule has 3 heteroatoms. The zero-order chi connectivity index (χ0) is 17.6. The minimum absolute atomic E-state index is 0.551. The first-order valence-corrected chi connectivity index (χ1v) is 8.92. The third kappa shape index (κ3) is 8.75. The monoisotopic (exact) mass is 320 g/mol. The van der Waals surface area contributed by atoms with E-state index in [0.717, 1.165) is 12.4 Å². The second kappa shape index (κ2) is 13.1. The third-order valence-corrected chi connectivity index (χ3v) is 3.82. The standard InChI is InChI=1S/C20H36N2O/c1-7-13-18(14-8-2)15-11-12-16-20(5,23-6)19(21-10-4)22-17-9-3/h9,11-12,15-18H,7-8,10,13-14H2,1-6H3,(H,21,22)/b15-11+,16-12-,17-9-. The molecular weight excluding hydrogens is 284 g/mol. The number of nitrogens with one attached hydrogen (secondary N) is 1. The van der Waals surface area contributed by atoms with Crippen molar-refractivity contribution < 1.29 is 4.74 Å². The van der Waals surface area contributed by atoms with Crippen molar-refractivity contribution in [2.45, 2.75) is 65.9 Å². The van der Waals surface area contributed by atoms with Gasteiger partial charge in [0.25, 0.3) is 0 Å². The third-order valence-electron chi connectivity index (χ3n) is 3.82. The van der Waals surface area contributed by atoms with Gasteiger partial charge >= 0.3 is 0 Å². The first-order chi connectivity index (χ1) is 11.1. The van der Waals surface area contributed by atoms with Gasteiger partial charge in [0.05, 0.1) is 0 Å². The molecule has 132 valence electrons. The van der Waals surface area contributed by atoms with E-state index < -0.39 is 5.60 Å². The van der Waals surface area contributed by atoms with Gasteiger partial charge < -0.3 is 10.1 Å². The number of aliphatic imine (C=N–C) groups is 1. The van der Waals surface area contributed by atoms with E-state index in [1.54, 1.807) is 13.3 Å². The van der Waals surface area contributed by atoms with Gasteiger partial charge in [-0.05, 0) is 45.6 Å². The molecule has 0 aliphatic heterocycles. The molecule has 0 spiro atoms. The summed E-state index contributed by atoms with van der Waals surface area (Å²) in [6.07, 6.45) is 17.3. The van der Waals surface area contributed by atoms with Crippen LogP contribution in [0.5, 0.6) is 0 Å². The highest BCUT2D eigenvalue weighted by Gasteiger charge is 2.26. The van der Waals surface area contributed by atoms with Gasteiger partial charge in [-0.25, -0.2) is 4.99 Å². The van der Waals surface area contributed by atoms with Gasteiger partial charge in [0.15, 0.2) is 0 Å². The van der Waals surface area contributed by atoms with Crippen LogP contribution in [0.3, 0.4) is 0 Å². The smallest absolute Gasteiger partial charge is 0.140 e. The Morgan fingerprint density at radius 2 is 1.83 bits per heavy atom. The summed E-state index contributed by atoms with van der Waals surface area (Å²) in [6.45, 7) is 11.3. The lowest BCUT2D eigenvalue weighted by Crippen LogP contribution is -2.44. The molecule has 1 atom stereocenters. The van der Waals surface area contributed by atoms with Crippen LogP contribution < -0.4 is 5.32 Å². The molecule has 0 aliphatic carbocycles. The van der Waals surface area contributed by atoms with Crippen molar-refractivity contribution in [3.63, 3.8) is 0 Å². The molecule has 1 N–H and O–H groups in total. The van der Waals surface area contributed by atoms with Crippen molar-refractivity contribution in [1.29, 1.82) is 0 Å². The van der Waals surface area contributed by atoms with Crippen LogP contribution in [0.1, 0.15) is 60.3 Å². The predicted molar refractivity (Wildman–Crippen MR) is 103 cm³/mol. The summed E-state index contributed by atoms with van der Waals surface area (Å²) in [5.41, 5.74) is -0.551. The van der Waals surface area contributed by atoms with Gasteiger partial charge in [-0.15, -0.1) is 0 Å². The molecule has 0 radical (unpaired) electrons. The maximum Gasteiger partial charge on any atom is 0.140 e. The summed E-state index contributed by atoms with van der Waals surface area (Å²) in [5.74, 6) is 1.50. The van der Waals surface area contributed by atoms with E-state index in [-0.39, 0.29) is 0 Å². The van der Waals surface area contributed by atoms with E-state index in [9.17, 15) is 0 Å². The molecule has 3 nitrogen and oxygen atoms in total. The SMILES string of the molecule is C/C=C\N=C(\NCC)C(C)(/C=C\C=C\C(CCC)CCC)OC. The minimum Gasteiger partial charge on any atom is -0.371 e. The van der Waals surface area contributed by atoms with E-state index >= 15 is 0 Å². The number of allylic oxidation sites excluding steroid dienone is 4. The fourth-order valence-electron chi connectivity index (χ4n) is 2.45.